The van der Waals surface area contributed by atoms with Gasteiger partial charge >= 0.3 is 6.18 Å². The fraction of sp³-hybridized carbons (Fsp3) is 0.429. The zero-order chi connectivity index (χ0) is 22.8. The van der Waals surface area contributed by atoms with Crippen molar-refractivity contribution in [2.45, 2.75) is 37.9 Å². The van der Waals surface area contributed by atoms with Crippen LogP contribution in [0.25, 0.3) is 0 Å². The molecule has 0 atom stereocenters. The van der Waals surface area contributed by atoms with Crippen molar-refractivity contribution >= 4 is 24.4 Å². The molecule has 1 saturated heterocycles. The average molecular weight is 457 g/mol. The van der Waals surface area contributed by atoms with E-state index in [0.717, 1.165) is 12.1 Å². The SMILES string of the molecule is CCc1nc(N2CCOCC2)c(S)c(C)c1C(=O)NCc1cccc(F)c1C(F)(F)F. The summed E-state index contributed by atoms with van der Waals surface area (Å²) in [4.78, 5) is 20.1. The van der Waals surface area contributed by atoms with E-state index in [4.69, 9.17) is 4.74 Å². The molecule has 3 rings (SSSR count). The number of hydrogen-bond donors (Lipinski definition) is 2. The number of carbonyl (C=O) groups excluding carboxylic acids is 1. The molecule has 2 heterocycles. The first kappa shape index (κ1) is 23.3. The van der Waals surface area contributed by atoms with Crippen molar-refractivity contribution < 1.29 is 27.1 Å². The molecule has 1 aromatic carbocycles. The van der Waals surface area contributed by atoms with Gasteiger partial charge in [0, 0.05) is 19.6 Å². The molecule has 0 unspecified atom stereocenters. The monoisotopic (exact) mass is 457 g/mol. The summed E-state index contributed by atoms with van der Waals surface area (Å²) in [5.74, 6) is -1.30. The first-order chi connectivity index (χ1) is 14.6. The topological polar surface area (TPSA) is 54.5 Å². The lowest BCUT2D eigenvalue weighted by Crippen LogP contribution is -2.37. The summed E-state index contributed by atoms with van der Waals surface area (Å²) in [6.45, 7) is 5.52. The molecule has 0 bridgehead atoms. The van der Waals surface area contributed by atoms with Gasteiger partial charge in [0.1, 0.15) is 11.6 Å². The molecule has 1 amide bonds. The molecule has 1 fully saturated rings. The number of morpholine rings is 1. The lowest BCUT2D eigenvalue weighted by molar-refractivity contribution is -0.140. The Balaban J connectivity index is 1.89. The second-order valence-electron chi connectivity index (χ2n) is 7.14. The second-order valence-corrected chi connectivity index (χ2v) is 7.59. The number of hydrogen-bond acceptors (Lipinski definition) is 5. The Labute approximate surface area is 183 Å². The maximum Gasteiger partial charge on any atom is 0.419 e. The van der Waals surface area contributed by atoms with Crippen LogP contribution in [0.3, 0.4) is 0 Å². The van der Waals surface area contributed by atoms with E-state index >= 15 is 0 Å². The molecule has 2 aromatic rings. The Kier molecular flexibility index (Phi) is 7.10. The zero-order valence-corrected chi connectivity index (χ0v) is 18.0. The van der Waals surface area contributed by atoms with E-state index in [1.165, 1.54) is 6.07 Å². The molecular weight excluding hydrogens is 434 g/mol. The van der Waals surface area contributed by atoms with Gasteiger partial charge in [-0.2, -0.15) is 13.2 Å². The van der Waals surface area contributed by atoms with Crippen LogP contribution in [0.1, 0.15) is 39.7 Å². The summed E-state index contributed by atoms with van der Waals surface area (Å²) in [5.41, 5.74) is -0.345. The molecule has 31 heavy (non-hydrogen) atoms. The van der Waals surface area contributed by atoms with Crippen molar-refractivity contribution in [3.05, 3.63) is 52.0 Å². The van der Waals surface area contributed by atoms with Crippen LogP contribution in [-0.2, 0) is 23.9 Å². The van der Waals surface area contributed by atoms with Crippen LogP contribution >= 0.6 is 12.6 Å². The quantitative estimate of drug-likeness (QED) is 0.523. The molecule has 0 radical (unpaired) electrons. The fourth-order valence-corrected chi connectivity index (χ4v) is 3.89. The first-order valence-corrected chi connectivity index (χ1v) is 10.3. The first-order valence-electron chi connectivity index (χ1n) is 9.83. The third kappa shape index (κ3) is 4.95. The second kappa shape index (κ2) is 9.44. The highest BCUT2D eigenvalue weighted by Crippen LogP contribution is 2.34. The number of aryl methyl sites for hydroxylation is 1. The van der Waals surface area contributed by atoms with Crippen LogP contribution in [0.15, 0.2) is 23.1 Å². The Morgan fingerprint density at radius 1 is 1.29 bits per heavy atom. The molecule has 1 N–H and O–H groups in total. The van der Waals surface area contributed by atoms with Crippen molar-refractivity contribution in [2.24, 2.45) is 0 Å². The number of rotatable bonds is 5. The number of halogens is 4. The molecule has 0 spiro atoms. The minimum Gasteiger partial charge on any atom is -0.378 e. The summed E-state index contributed by atoms with van der Waals surface area (Å²) in [7, 11) is 0. The normalized spacial score (nSPS) is 14.6. The van der Waals surface area contributed by atoms with E-state index in [1.807, 2.05) is 11.8 Å². The summed E-state index contributed by atoms with van der Waals surface area (Å²) in [6, 6.07) is 3.07. The van der Waals surface area contributed by atoms with Gasteiger partial charge in [0.2, 0.25) is 0 Å². The van der Waals surface area contributed by atoms with Gasteiger partial charge in [-0.1, -0.05) is 19.1 Å². The van der Waals surface area contributed by atoms with Crippen LogP contribution in [0.5, 0.6) is 0 Å². The van der Waals surface area contributed by atoms with Crippen LogP contribution in [0.2, 0.25) is 0 Å². The number of carbonyl (C=O) groups is 1. The van der Waals surface area contributed by atoms with Gasteiger partial charge < -0.3 is 15.0 Å². The minimum absolute atomic E-state index is 0.273. The van der Waals surface area contributed by atoms with Gasteiger partial charge in [-0.05, 0) is 30.5 Å². The third-order valence-corrected chi connectivity index (χ3v) is 5.70. The van der Waals surface area contributed by atoms with Crippen LogP contribution < -0.4 is 10.2 Å². The highest BCUT2D eigenvalue weighted by atomic mass is 32.1. The molecular formula is C21H23F4N3O2S. The summed E-state index contributed by atoms with van der Waals surface area (Å²) in [5, 5.41) is 2.48. The van der Waals surface area contributed by atoms with E-state index in [0.29, 0.717) is 54.7 Å². The van der Waals surface area contributed by atoms with Crippen LogP contribution in [-0.4, -0.2) is 37.2 Å². The molecule has 168 valence electrons. The molecule has 1 aromatic heterocycles. The van der Waals surface area contributed by atoms with Gasteiger partial charge in [-0.15, -0.1) is 12.6 Å². The number of nitrogens with zero attached hydrogens (tertiary/aromatic N) is 2. The van der Waals surface area contributed by atoms with Crippen LogP contribution in [0.4, 0.5) is 23.4 Å². The number of alkyl halides is 3. The molecule has 5 nitrogen and oxygen atoms in total. The number of amides is 1. The van der Waals surface area contributed by atoms with E-state index in [1.54, 1.807) is 6.92 Å². The maximum atomic E-state index is 13.8. The predicted molar refractivity (Wildman–Crippen MR) is 111 cm³/mol. The predicted octanol–water partition coefficient (Wildman–Crippen LogP) is 4.17. The van der Waals surface area contributed by atoms with Gasteiger partial charge in [0.15, 0.2) is 0 Å². The third-order valence-electron chi connectivity index (χ3n) is 5.17. The average Bonchev–Trinajstić information content (AvgIpc) is 2.73. The minimum atomic E-state index is -4.87. The summed E-state index contributed by atoms with van der Waals surface area (Å²) >= 11 is 4.55. The number of pyridine rings is 1. The van der Waals surface area contributed by atoms with Crippen molar-refractivity contribution in [3.63, 3.8) is 0 Å². The van der Waals surface area contributed by atoms with E-state index in [2.05, 4.69) is 22.9 Å². The number of nitrogens with one attached hydrogen (secondary N) is 1. The van der Waals surface area contributed by atoms with Gasteiger partial charge in [-0.25, -0.2) is 9.37 Å². The lowest BCUT2D eigenvalue weighted by atomic mass is 10.0. The Hall–Kier alpha value is -2.33. The smallest absolute Gasteiger partial charge is 0.378 e. The Bertz CT molecular complexity index is 976. The van der Waals surface area contributed by atoms with Gasteiger partial charge in [0.05, 0.1) is 34.9 Å². The highest BCUT2D eigenvalue weighted by Gasteiger charge is 2.36. The van der Waals surface area contributed by atoms with E-state index < -0.39 is 30.0 Å². The van der Waals surface area contributed by atoms with Crippen molar-refractivity contribution in [3.8, 4) is 0 Å². The lowest BCUT2D eigenvalue weighted by Gasteiger charge is -2.30. The molecule has 1 aliphatic heterocycles. The Morgan fingerprint density at radius 3 is 2.58 bits per heavy atom. The molecule has 10 heteroatoms. The van der Waals surface area contributed by atoms with Gasteiger partial charge in [-0.3, -0.25) is 4.79 Å². The number of anilines is 1. The zero-order valence-electron chi connectivity index (χ0n) is 17.1. The van der Waals surface area contributed by atoms with E-state index in [-0.39, 0.29) is 11.1 Å². The Morgan fingerprint density at radius 2 is 1.97 bits per heavy atom. The number of aromatic nitrogens is 1. The van der Waals surface area contributed by atoms with Crippen molar-refractivity contribution in [1.82, 2.24) is 10.3 Å². The highest BCUT2D eigenvalue weighted by molar-refractivity contribution is 7.80. The molecule has 0 aliphatic carbocycles. The summed E-state index contributed by atoms with van der Waals surface area (Å²) in [6.07, 6.45) is -4.42. The van der Waals surface area contributed by atoms with Crippen LogP contribution in [0, 0.1) is 12.7 Å². The van der Waals surface area contributed by atoms with Crippen molar-refractivity contribution in [1.29, 1.82) is 0 Å². The van der Waals surface area contributed by atoms with Gasteiger partial charge in [0.25, 0.3) is 5.91 Å². The maximum absolute atomic E-state index is 13.8. The fourth-order valence-electron chi connectivity index (χ4n) is 3.59. The molecule has 1 aliphatic rings. The largest absolute Gasteiger partial charge is 0.419 e. The standard InChI is InChI=1S/C21H23F4N3O2S/c1-3-15-16(12(2)18(31)19(27-15)28-7-9-30-10-8-28)20(29)26-11-13-5-4-6-14(22)17(13)21(23,24)25/h4-6,31H,3,7-11H2,1-2H3,(H,26,29). The number of ether oxygens (including phenoxy) is 1. The number of thiol groups is 1. The number of benzene rings is 1. The molecule has 0 saturated carbocycles. The summed E-state index contributed by atoms with van der Waals surface area (Å²) < 4.78 is 58.8. The van der Waals surface area contributed by atoms with Crippen molar-refractivity contribution in [2.75, 3.05) is 31.2 Å². The van der Waals surface area contributed by atoms with E-state index in [9.17, 15) is 22.4 Å².